The minimum absolute atomic E-state index is 0.112. The Morgan fingerprint density at radius 1 is 1.15 bits per heavy atom. The monoisotopic (exact) mass is 269 g/mol. The first-order valence-electron chi connectivity index (χ1n) is 6.77. The minimum atomic E-state index is -0.322. The van der Waals surface area contributed by atoms with Gasteiger partial charge in [0, 0.05) is 18.7 Å². The summed E-state index contributed by atoms with van der Waals surface area (Å²) in [6.45, 7) is 2.96. The van der Waals surface area contributed by atoms with Crippen molar-refractivity contribution in [2.24, 2.45) is 0 Å². The Balaban J connectivity index is 1.90. The van der Waals surface area contributed by atoms with Crippen LogP contribution in [0.4, 0.5) is 10.1 Å². The molecule has 0 bridgehead atoms. The van der Waals surface area contributed by atoms with Gasteiger partial charge < -0.3 is 4.90 Å². The average molecular weight is 269 g/mol. The fraction of sp³-hybridized carbons (Fsp3) is 0.235. The molecular weight excluding hydrogens is 253 g/mol. The Hall–Kier alpha value is -2.16. The van der Waals surface area contributed by atoms with Crippen LogP contribution >= 0.6 is 0 Å². The lowest BCUT2D eigenvalue weighted by Gasteiger charge is -2.31. The molecule has 2 nitrogen and oxygen atoms in total. The molecule has 0 aliphatic carbocycles. The van der Waals surface area contributed by atoms with E-state index in [-0.39, 0.29) is 11.6 Å². The Kier molecular flexibility index (Phi) is 3.26. The number of rotatable bonds is 2. The van der Waals surface area contributed by atoms with Crippen molar-refractivity contribution in [3.63, 3.8) is 0 Å². The largest absolute Gasteiger partial charge is 0.364 e. The molecule has 0 amide bonds. The van der Waals surface area contributed by atoms with Gasteiger partial charge >= 0.3 is 0 Å². The van der Waals surface area contributed by atoms with Crippen LogP contribution < -0.4 is 4.90 Å². The van der Waals surface area contributed by atoms with Crippen LogP contribution in [0.25, 0.3) is 0 Å². The van der Waals surface area contributed by atoms with Gasteiger partial charge in [0.15, 0.2) is 5.78 Å². The van der Waals surface area contributed by atoms with E-state index in [9.17, 15) is 9.18 Å². The molecule has 0 saturated heterocycles. The average Bonchev–Trinajstić information content (AvgIpc) is 2.46. The number of nitrogens with zero attached hydrogens (tertiary/aromatic N) is 1. The summed E-state index contributed by atoms with van der Waals surface area (Å²) in [5.74, 6) is -0.434. The molecule has 1 aliphatic rings. The first-order chi connectivity index (χ1) is 9.65. The normalized spacial score (nSPS) is 14.0. The predicted octanol–water partition coefficient (Wildman–Crippen LogP) is 3.59. The summed E-state index contributed by atoms with van der Waals surface area (Å²) in [5, 5.41) is 0. The molecule has 1 aliphatic heterocycles. The second-order valence-corrected chi connectivity index (χ2v) is 5.16. The van der Waals surface area contributed by atoms with E-state index in [2.05, 4.69) is 12.1 Å². The molecule has 0 unspecified atom stereocenters. The summed E-state index contributed by atoms with van der Waals surface area (Å²) in [6, 6.07) is 13.0. The molecule has 102 valence electrons. The predicted molar refractivity (Wildman–Crippen MR) is 77.6 cm³/mol. The summed E-state index contributed by atoms with van der Waals surface area (Å²) in [5.41, 5.74) is 3.58. The molecule has 2 aromatic carbocycles. The minimum Gasteiger partial charge on any atom is -0.364 e. The van der Waals surface area contributed by atoms with E-state index < -0.39 is 0 Å². The summed E-state index contributed by atoms with van der Waals surface area (Å²) in [6.07, 6.45) is 0.921. The van der Waals surface area contributed by atoms with Crippen LogP contribution in [0.3, 0.4) is 0 Å². The zero-order valence-corrected chi connectivity index (χ0v) is 11.4. The van der Waals surface area contributed by atoms with Crippen LogP contribution in [0.15, 0.2) is 42.5 Å². The van der Waals surface area contributed by atoms with Gasteiger partial charge in [0.25, 0.3) is 0 Å². The molecule has 20 heavy (non-hydrogen) atoms. The second-order valence-electron chi connectivity index (χ2n) is 5.16. The summed E-state index contributed by atoms with van der Waals surface area (Å²) in [4.78, 5) is 13.3. The molecule has 0 spiro atoms. The van der Waals surface area contributed by atoms with Crippen molar-refractivity contribution in [2.45, 2.75) is 19.9 Å². The van der Waals surface area contributed by atoms with Crippen molar-refractivity contribution in [2.75, 3.05) is 11.4 Å². The van der Waals surface area contributed by atoms with Crippen molar-refractivity contribution in [1.29, 1.82) is 0 Å². The lowest BCUT2D eigenvalue weighted by Crippen LogP contribution is -2.31. The van der Waals surface area contributed by atoms with Crippen LogP contribution in [0.5, 0.6) is 0 Å². The Bertz CT molecular complexity index is 666. The van der Waals surface area contributed by atoms with Gasteiger partial charge in [0.05, 0.1) is 5.69 Å². The summed E-state index contributed by atoms with van der Waals surface area (Å²) in [7, 11) is 0. The molecule has 0 atom stereocenters. The van der Waals surface area contributed by atoms with Crippen molar-refractivity contribution in [3.05, 3.63) is 65.0 Å². The van der Waals surface area contributed by atoms with Gasteiger partial charge in [-0.1, -0.05) is 24.3 Å². The third-order valence-electron chi connectivity index (χ3n) is 3.83. The highest BCUT2D eigenvalue weighted by atomic mass is 19.1. The number of ketones is 1. The second kappa shape index (κ2) is 5.08. The Morgan fingerprint density at radius 3 is 2.60 bits per heavy atom. The van der Waals surface area contributed by atoms with E-state index in [1.54, 1.807) is 12.1 Å². The zero-order valence-electron chi connectivity index (χ0n) is 11.4. The van der Waals surface area contributed by atoms with E-state index in [1.807, 2.05) is 17.0 Å². The molecule has 0 saturated carbocycles. The van der Waals surface area contributed by atoms with E-state index in [4.69, 9.17) is 0 Å². The highest BCUT2D eigenvalue weighted by Gasteiger charge is 2.19. The smallest absolute Gasteiger partial charge is 0.159 e. The van der Waals surface area contributed by atoms with Crippen LogP contribution in [0.2, 0.25) is 0 Å². The van der Waals surface area contributed by atoms with Crippen molar-refractivity contribution in [3.8, 4) is 0 Å². The fourth-order valence-electron chi connectivity index (χ4n) is 2.68. The molecule has 0 radical (unpaired) electrons. The molecule has 3 rings (SSSR count). The number of anilines is 1. The first kappa shape index (κ1) is 12.9. The number of benzene rings is 2. The van der Waals surface area contributed by atoms with Crippen LogP contribution in [-0.2, 0) is 13.0 Å². The van der Waals surface area contributed by atoms with Crippen LogP contribution in [0.1, 0.15) is 28.4 Å². The molecule has 0 aromatic heterocycles. The first-order valence-corrected chi connectivity index (χ1v) is 6.77. The van der Waals surface area contributed by atoms with E-state index >= 15 is 0 Å². The SMILES string of the molecule is CC(=O)c1ccc(N2CCc3ccccc3C2)c(F)c1. The van der Waals surface area contributed by atoms with E-state index in [0.717, 1.165) is 13.0 Å². The number of fused-ring (bicyclic) bond motifs is 1. The van der Waals surface area contributed by atoms with Gasteiger partial charge in [0.2, 0.25) is 0 Å². The van der Waals surface area contributed by atoms with Gasteiger partial charge in [0.1, 0.15) is 5.82 Å². The fourth-order valence-corrected chi connectivity index (χ4v) is 2.68. The number of Topliss-reactive ketones (excluding diaryl/α,β-unsaturated/α-hetero) is 1. The molecule has 2 aromatic rings. The van der Waals surface area contributed by atoms with Crippen molar-refractivity contribution >= 4 is 11.5 Å². The Morgan fingerprint density at radius 2 is 1.90 bits per heavy atom. The highest BCUT2D eigenvalue weighted by molar-refractivity contribution is 5.94. The van der Waals surface area contributed by atoms with Gasteiger partial charge in [-0.3, -0.25) is 4.79 Å². The highest BCUT2D eigenvalue weighted by Crippen LogP contribution is 2.27. The van der Waals surface area contributed by atoms with Crippen LogP contribution in [-0.4, -0.2) is 12.3 Å². The zero-order chi connectivity index (χ0) is 14.1. The third kappa shape index (κ3) is 2.31. The molecule has 0 fully saturated rings. The lowest BCUT2D eigenvalue weighted by atomic mass is 9.99. The molecule has 1 heterocycles. The summed E-state index contributed by atoms with van der Waals surface area (Å²) >= 11 is 0. The lowest BCUT2D eigenvalue weighted by molar-refractivity contribution is 0.101. The standard InChI is InChI=1S/C17H16FNO/c1-12(20)14-6-7-17(16(18)10-14)19-9-8-13-4-2-3-5-15(13)11-19/h2-7,10H,8-9,11H2,1H3. The topological polar surface area (TPSA) is 20.3 Å². The van der Waals surface area contributed by atoms with E-state index in [1.165, 1.54) is 24.1 Å². The maximum absolute atomic E-state index is 14.2. The number of hydrogen-bond acceptors (Lipinski definition) is 2. The van der Waals surface area contributed by atoms with Crippen LogP contribution in [0, 0.1) is 5.82 Å². The third-order valence-corrected chi connectivity index (χ3v) is 3.83. The van der Waals surface area contributed by atoms with E-state index in [0.29, 0.717) is 17.8 Å². The number of carbonyl (C=O) groups excluding carboxylic acids is 1. The van der Waals surface area contributed by atoms with Crippen molar-refractivity contribution in [1.82, 2.24) is 0 Å². The van der Waals surface area contributed by atoms with Crippen molar-refractivity contribution < 1.29 is 9.18 Å². The molecular formula is C17H16FNO. The van der Waals surface area contributed by atoms with Gasteiger partial charge in [-0.15, -0.1) is 0 Å². The maximum atomic E-state index is 14.2. The molecule has 0 N–H and O–H groups in total. The number of halogens is 1. The molecule has 3 heteroatoms. The number of hydrogen-bond donors (Lipinski definition) is 0. The Labute approximate surface area is 117 Å². The van der Waals surface area contributed by atoms with Gasteiger partial charge in [-0.25, -0.2) is 4.39 Å². The quantitative estimate of drug-likeness (QED) is 0.776. The number of carbonyl (C=O) groups is 1. The summed E-state index contributed by atoms with van der Waals surface area (Å²) < 4.78 is 14.2. The van der Waals surface area contributed by atoms with Gasteiger partial charge in [-0.05, 0) is 42.7 Å². The van der Waals surface area contributed by atoms with Gasteiger partial charge in [-0.2, -0.15) is 0 Å². The maximum Gasteiger partial charge on any atom is 0.159 e.